The molecule has 2 fully saturated rings. The monoisotopic (exact) mass is 601 g/mol. The van der Waals surface area contributed by atoms with Crippen LogP contribution in [0.15, 0.2) is 53.4 Å². The number of carbonyl (C=O) groups is 2. The smallest absolute Gasteiger partial charge is 0.475 e. The normalized spacial score (nSPS) is 20.2. The number of nitrogens with zero attached hydrogens (tertiary/aromatic N) is 7. The molecule has 0 spiro atoms. The quantitative estimate of drug-likeness (QED) is 0.253. The third-order valence-electron chi connectivity index (χ3n) is 6.87. The van der Waals surface area contributed by atoms with Crippen LogP contribution in [0.2, 0.25) is 0 Å². The Morgan fingerprint density at radius 1 is 1.19 bits per heavy atom. The summed E-state index contributed by atoms with van der Waals surface area (Å²) in [6.45, 7) is 2.35. The molecule has 2 saturated heterocycles. The van der Waals surface area contributed by atoms with Crippen LogP contribution < -0.4 is 10.6 Å². The second-order valence-electron chi connectivity index (χ2n) is 9.87. The van der Waals surface area contributed by atoms with Crippen LogP contribution in [0.5, 0.6) is 0 Å². The van der Waals surface area contributed by atoms with Gasteiger partial charge in [0.1, 0.15) is 5.69 Å². The van der Waals surface area contributed by atoms with E-state index in [0.717, 1.165) is 25.2 Å². The van der Waals surface area contributed by atoms with E-state index < -0.39 is 23.7 Å². The SMILES string of the molecule is CN1CC[C@@](O)(c2cc(-c3cccc(-c4ccnc(Nc5cnn(C6CCNC6)c5)n4)n3)no2)C1=O.O=C(O)C(F)(F)F. The molecule has 43 heavy (non-hydrogen) atoms. The van der Waals surface area contributed by atoms with Gasteiger partial charge >= 0.3 is 12.1 Å². The summed E-state index contributed by atoms with van der Waals surface area (Å²) in [6.07, 6.45) is 1.59. The first-order valence-corrected chi connectivity index (χ1v) is 13.0. The Bertz CT molecular complexity index is 1620. The van der Waals surface area contributed by atoms with Crippen LogP contribution in [0.25, 0.3) is 22.8 Å². The summed E-state index contributed by atoms with van der Waals surface area (Å²) in [5.74, 6) is -2.62. The summed E-state index contributed by atoms with van der Waals surface area (Å²) >= 11 is 0. The number of hydrogen-bond acceptors (Lipinski definition) is 11. The molecule has 0 radical (unpaired) electrons. The zero-order valence-corrected chi connectivity index (χ0v) is 22.6. The molecule has 0 bridgehead atoms. The van der Waals surface area contributed by atoms with Crippen molar-refractivity contribution in [2.75, 3.05) is 32.0 Å². The molecule has 2 aliphatic heterocycles. The first kappa shape index (κ1) is 29.6. The zero-order valence-electron chi connectivity index (χ0n) is 22.6. The van der Waals surface area contributed by atoms with Gasteiger partial charge in [0.05, 0.1) is 35.0 Å². The molecular weight excluding hydrogens is 575 g/mol. The van der Waals surface area contributed by atoms with Gasteiger partial charge in [-0.2, -0.15) is 18.3 Å². The van der Waals surface area contributed by atoms with Crippen molar-refractivity contribution < 1.29 is 37.5 Å². The fraction of sp³-hybridized carbons (Fsp3) is 0.346. The molecule has 6 heterocycles. The first-order chi connectivity index (χ1) is 20.4. The van der Waals surface area contributed by atoms with E-state index in [1.54, 1.807) is 37.6 Å². The Kier molecular flexibility index (Phi) is 8.10. The molecule has 0 aromatic carbocycles. The number of carbonyl (C=O) groups excluding carboxylic acids is 1. The molecule has 4 N–H and O–H groups in total. The third kappa shape index (κ3) is 6.46. The molecule has 0 saturated carbocycles. The third-order valence-corrected chi connectivity index (χ3v) is 6.87. The van der Waals surface area contributed by atoms with Crippen LogP contribution in [-0.4, -0.2) is 89.7 Å². The number of likely N-dealkylation sites (N-methyl/N-ethyl adjacent to an activating group) is 1. The van der Waals surface area contributed by atoms with Gasteiger partial charge in [0.25, 0.3) is 5.91 Å². The number of likely N-dealkylation sites (tertiary alicyclic amines) is 1. The van der Waals surface area contributed by atoms with Crippen molar-refractivity contribution in [2.45, 2.75) is 30.7 Å². The minimum Gasteiger partial charge on any atom is -0.475 e. The van der Waals surface area contributed by atoms with Crippen molar-refractivity contribution in [3.8, 4) is 22.8 Å². The summed E-state index contributed by atoms with van der Waals surface area (Å²) in [5.41, 5.74) is 1.30. The highest BCUT2D eigenvalue weighted by Crippen LogP contribution is 2.34. The number of carboxylic acid groups (broad SMARTS) is 1. The minimum atomic E-state index is -5.08. The number of nitrogens with one attached hydrogen (secondary N) is 2. The minimum absolute atomic E-state index is 0.113. The number of rotatable bonds is 6. The van der Waals surface area contributed by atoms with Gasteiger partial charge < -0.3 is 30.3 Å². The van der Waals surface area contributed by atoms with Gasteiger partial charge in [-0.3, -0.25) is 9.48 Å². The highest BCUT2D eigenvalue weighted by Gasteiger charge is 2.48. The predicted molar refractivity (Wildman–Crippen MR) is 143 cm³/mol. The number of amides is 1. The van der Waals surface area contributed by atoms with E-state index in [4.69, 9.17) is 14.4 Å². The number of aliphatic hydroxyl groups is 1. The van der Waals surface area contributed by atoms with Crippen molar-refractivity contribution in [3.05, 3.63) is 54.7 Å². The molecule has 0 aliphatic carbocycles. The average molecular weight is 602 g/mol. The highest BCUT2D eigenvalue weighted by molar-refractivity contribution is 5.87. The number of aliphatic carboxylic acids is 1. The Morgan fingerprint density at radius 3 is 2.56 bits per heavy atom. The van der Waals surface area contributed by atoms with Gasteiger partial charge in [0, 0.05) is 45.0 Å². The lowest BCUT2D eigenvalue weighted by molar-refractivity contribution is -0.192. The topological polar surface area (TPSA) is 184 Å². The summed E-state index contributed by atoms with van der Waals surface area (Å²) in [7, 11) is 1.65. The number of pyridine rings is 1. The molecule has 226 valence electrons. The van der Waals surface area contributed by atoms with Crippen LogP contribution in [0.3, 0.4) is 0 Å². The lowest BCUT2D eigenvalue weighted by Crippen LogP contribution is -2.35. The van der Waals surface area contributed by atoms with Crippen molar-refractivity contribution in [1.29, 1.82) is 0 Å². The van der Waals surface area contributed by atoms with Gasteiger partial charge in [-0.25, -0.2) is 19.7 Å². The number of alkyl halides is 3. The number of carboxylic acids is 1. The lowest BCUT2D eigenvalue weighted by atomic mass is 9.98. The molecule has 4 aromatic heterocycles. The van der Waals surface area contributed by atoms with Gasteiger partial charge in [-0.1, -0.05) is 11.2 Å². The van der Waals surface area contributed by atoms with Gasteiger partial charge in [-0.15, -0.1) is 0 Å². The molecular formula is C26H26F3N9O5. The molecule has 4 aromatic rings. The van der Waals surface area contributed by atoms with E-state index in [2.05, 4.69) is 35.8 Å². The summed E-state index contributed by atoms with van der Waals surface area (Å²) in [4.78, 5) is 36.4. The molecule has 1 amide bonds. The van der Waals surface area contributed by atoms with Crippen molar-refractivity contribution >= 4 is 23.5 Å². The van der Waals surface area contributed by atoms with Crippen LogP contribution in [0, 0.1) is 0 Å². The van der Waals surface area contributed by atoms with Gasteiger partial charge in [0.15, 0.2) is 5.76 Å². The summed E-state index contributed by atoms with van der Waals surface area (Å²) in [5, 5.41) is 33.0. The van der Waals surface area contributed by atoms with E-state index in [1.807, 2.05) is 23.0 Å². The maximum absolute atomic E-state index is 12.4. The molecule has 2 atom stereocenters. The maximum atomic E-state index is 12.4. The number of aromatic nitrogens is 6. The number of halogens is 3. The second-order valence-corrected chi connectivity index (χ2v) is 9.87. The molecule has 1 unspecified atom stereocenters. The maximum Gasteiger partial charge on any atom is 0.490 e. The van der Waals surface area contributed by atoms with Crippen LogP contribution >= 0.6 is 0 Å². The van der Waals surface area contributed by atoms with E-state index in [0.29, 0.717) is 41.3 Å². The van der Waals surface area contributed by atoms with Crippen LogP contribution in [0.4, 0.5) is 24.8 Å². The van der Waals surface area contributed by atoms with Gasteiger partial charge in [-0.05, 0) is 31.2 Å². The molecule has 2 aliphatic rings. The Morgan fingerprint density at radius 2 is 1.91 bits per heavy atom. The molecule has 14 nitrogen and oxygen atoms in total. The van der Waals surface area contributed by atoms with Crippen molar-refractivity contribution in [3.63, 3.8) is 0 Å². The van der Waals surface area contributed by atoms with Crippen LogP contribution in [-0.2, 0) is 15.2 Å². The van der Waals surface area contributed by atoms with E-state index in [-0.39, 0.29) is 12.2 Å². The molecule has 6 rings (SSSR count). The second kappa shape index (κ2) is 11.8. The zero-order chi connectivity index (χ0) is 30.8. The predicted octanol–water partition coefficient (Wildman–Crippen LogP) is 2.35. The summed E-state index contributed by atoms with van der Waals surface area (Å²) in [6, 6.07) is 9.15. The molecule has 17 heteroatoms. The van der Waals surface area contributed by atoms with E-state index in [1.165, 1.54) is 4.90 Å². The Balaban J connectivity index is 0.000000472. The highest BCUT2D eigenvalue weighted by atomic mass is 19.4. The lowest BCUT2D eigenvalue weighted by Gasteiger charge is -2.16. The Hall–Kier alpha value is -4.90. The fourth-order valence-electron chi connectivity index (χ4n) is 4.55. The first-order valence-electron chi connectivity index (χ1n) is 13.0. The van der Waals surface area contributed by atoms with Gasteiger partial charge in [0.2, 0.25) is 11.5 Å². The van der Waals surface area contributed by atoms with E-state index in [9.17, 15) is 23.1 Å². The standard InChI is InChI=1S/C24H25N9O3.C2HF3O2/c1-32-10-7-24(35,22(32)34)21-11-20(31-36-21)18-4-2-3-17(29-18)19-6-9-26-23(30-19)28-15-12-27-33(14-15)16-5-8-25-13-16;3-2(4,5)1(6)7/h2-4,6,9,11-12,14,16,25,35H,5,7-8,10,13H2,1H3,(H,26,28,30);(H,6,7)/t16?,24-;/m1./s1. The summed E-state index contributed by atoms with van der Waals surface area (Å²) < 4.78 is 39.1. The number of hydrogen-bond donors (Lipinski definition) is 4. The fourth-order valence-corrected chi connectivity index (χ4v) is 4.55. The van der Waals surface area contributed by atoms with Crippen LogP contribution in [0.1, 0.15) is 24.6 Å². The average Bonchev–Trinajstić information content (AvgIpc) is 3.80. The van der Waals surface area contributed by atoms with E-state index >= 15 is 0 Å². The Labute approximate surface area is 241 Å². The largest absolute Gasteiger partial charge is 0.490 e. The number of anilines is 2. The van der Waals surface area contributed by atoms with Crippen molar-refractivity contribution in [2.24, 2.45) is 0 Å². The van der Waals surface area contributed by atoms with Crippen molar-refractivity contribution in [1.82, 2.24) is 40.1 Å².